The largest absolute Gasteiger partial charge is 0.353 e. The van der Waals surface area contributed by atoms with E-state index in [-0.39, 0.29) is 17.7 Å². The number of fused-ring (bicyclic) bond motifs is 3. The molecule has 164 valence electrons. The fourth-order valence-electron chi connectivity index (χ4n) is 3.87. The van der Waals surface area contributed by atoms with Gasteiger partial charge in [-0.05, 0) is 49.1 Å². The monoisotopic (exact) mass is 429 g/mol. The van der Waals surface area contributed by atoms with E-state index in [0.29, 0.717) is 18.7 Å². The van der Waals surface area contributed by atoms with Gasteiger partial charge in [0.25, 0.3) is 5.91 Å². The lowest BCUT2D eigenvalue weighted by Gasteiger charge is -2.20. The van der Waals surface area contributed by atoms with Crippen molar-refractivity contribution in [3.63, 3.8) is 0 Å². The number of amides is 2. The Hall–Kier alpha value is -3.74. The normalized spacial score (nSPS) is 12.2. The molecule has 4 aromatic rings. The van der Waals surface area contributed by atoms with E-state index in [2.05, 4.69) is 25.6 Å². The molecule has 7 heteroatoms. The number of para-hydroxylation sites is 1. The highest BCUT2D eigenvalue weighted by molar-refractivity contribution is 6.10. The molecule has 1 unspecified atom stereocenters. The third-order valence-electron chi connectivity index (χ3n) is 5.45. The molecule has 0 saturated carbocycles. The number of aryl methyl sites for hydroxylation is 1. The average molecular weight is 430 g/mol. The number of carbonyl (C=O) groups is 2. The molecule has 32 heavy (non-hydrogen) atoms. The molecule has 0 saturated heterocycles. The van der Waals surface area contributed by atoms with Gasteiger partial charge in [-0.1, -0.05) is 32.0 Å². The summed E-state index contributed by atoms with van der Waals surface area (Å²) >= 11 is 0. The van der Waals surface area contributed by atoms with E-state index in [0.717, 1.165) is 33.1 Å². The fourth-order valence-corrected chi connectivity index (χ4v) is 3.87. The molecule has 0 aliphatic rings. The minimum Gasteiger partial charge on any atom is -0.353 e. The number of nitrogens with zero attached hydrogens (tertiary/aromatic N) is 2. The first kappa shape index (κ1) is 21.5. The molecule has 0 spiro atoms. The predicted molar refractivity (Wildman–Crippen MR) is 125 cm³/mol. The molecular formula is C25H27N5O2. The van der Waals surface area contributed by atoms with Crippen molar-refractivity contribution in [3.8, 4) is 0 Å². The third-order valence-corrected chi connectivity index (χ3v) is 5.45. The van der Waals surface area contributed by atoms with E-state index >= 15 is 0 Å². The Balaban J connectivity index is 1.55. The number of H-pyrrole nitrogens is 1. The van der Waals surface area contributed by atoms with Crippen LogP contribution in [0.2, 0.25) is 0 Å². The average Bonchev–Trinajstić information content (AvgIpc) is 3.17. The highest BCUT2D eigenvalue weighted by atomic mass is 16.2. The van der Waals surface area contributed by atoms with E-state index in [1.165, 1.54) is 0 Å². The van der Waals surface area contributed by atoms with Crippen molar-refractivity contribution in [3.05, 3.63) is 71.8 Å². The molecule has 2 amide bonds. The van der Waals surface area contributed by atoms with Crippen LogP contribution in [0.5, 0.6) is 0 Å². The minimum atomic E-state index is -0.648. The molecule has 0 aliphatic carbocycles. The predicted octanol–water partition coefficient (Wildman–Crippen LogP) is 3.88. The highest BCUT2D eigenvalue weighted by Gasteiger charge is 2.24. The smallest absolute Gasteiger partial charge is 0.270 e. The van der Waals surface area contributed by atoms with E-state index in [1.807, 2.05) is 57.2 Å². The van der Waals surface area contributed by atoms with Gasteiger partial charge in [-0.2, -0.15) is 0 Å². The summed E-state index contributed by atoms with van der Waals surface area (Å²) in [6.07, 6.45) is 3.90. The van der Waals surface area contributed by atoms with Crippen LogP contribution in [-0.4, -0.2) is 32.8 Å². The molecule has 7 nitrogen and oxygen atoms in total. The van der Waals surface area contributed by atoms with Crippen molar-refractivity contribution in [2.75, 3.05) is 0 Å². The number of benzene rings is 1. The molecule has 0 bridgehead atoms. The summed E-state index contributed by atoms with van der Waals surface area (Å²) in [6, 6.07) is 12.8. The van der Waals surface area contributed by atoms with Gasteiger partial charge in [0, 0.05) is 35.2 Å². The zero-order valence-electron chi connectivity index (χ0n) is 18.5. The molecule has 1 atom stereocenters. The summed E-state index contributed by atoms with van der Waals surface area (Å²) < 4.78 is 0. The number of rotatable bonds is 7. The van der Waals surface area contributed by atoms with Crippen molar-refractivity contribution in [2.24, 2.45) is 5.92 Å². The van der Waals surface area contributed by atoms with Crippen LogP contribution in [0.1, 0.15) is 42.0 Å². The van der Waals surface area contributed by atoms with Gasteiger partial charge < -0.3 is 15.6 Å². The maximum Gasteiger partial charge on any atom is 0.270 e. The second kappa shape index (κ2) is 9.18. The van der Waals surface area contributed by atoms with E-state index in [1.54, 1.807) is 18.5 Å². The Bertz CT molecular complexity index is 1260. The first-order valence-corrected chi connectivity index (χ1v) is 10.8. The lowest BCUT2D eigenvalue weighted by Crippen LogP contribution is -2.47. The minimum absolute atomic E-state index is 0.214. The number of pyridine rings is 2. The topological polar surface area (TPSA) is 99.8 Å². The third kappa shape index (κ3) is 4.61. The number of hydrogen-bond acceptors (Lipinski definition) is 4. The van der Waals surface area contributed by atoms with Gasteiger partial charge >= 0.3 is 0 Å². The molecule has 0 aliphatic heterocycles. The lowest BCUT2D eigenvalue weighted by atomic mass is 10.0. The summed E-state index contributed by atoms with van der Waals surface area (Å²) in [4.78, 5) is 37.8. The Kier molecular flexibility index (Phi) is 6.16. The van der Waals surface area contributed by atoms with Crippen molar-refractivity contribution in [2.45, 2.75) is 39.8 Å². The van der Waals surface area contributed by atoms with E-state index in [4.69, 9.17) is 0 Å². The summed E-state index contributed by atoms with van der Waals surface area (Å²) in [5, 5.41) is 7.80. The standard InChI is InChI=1S/C25H27N5O2/c1-15(2)12-21(24(31)27-14-17-8-10-26-11-9-17)30-25(32)22-13-19-18-6-4-5-7-20(18)29-23(19)16(3)28-22/h4-11,13,15,21,29H,12,14H2,1-3H3,(H,27,31)(H,30,32). The molecule has 3 aromatic heterocycles. The first-order chi connectivity index (χ1) is 15.4. The Morgan fingerprint density at radius 2 is 1.81 bits per heavy atom. The SMILES string of the molecule is Cc1nc(C(=O)NC(CC(C)C)C(=O)NCc2ccncc2)cc2c1[nH]c1ccccc12. The van der Waals surface area contributed by atoms with Crippen LogP contribution in [0.4, 0.5) is 0 Å². The molecule has 0 fully saturated rings. The maximum absolute atomic E-state index is 13.1. The van der Waals surface area contributed by atoms with E-state index < -0.39 is 6.04 Å². The summed E-state index contributed by atoms with van der Waals surface area (Å²) in [5.41, 5.74) is 3.90. The van der Waals surface area contributed by atoms with Crippen molar-refractivity contribution >= 4 is 33.6 Å². The van der Waals surface area contributed by atoms with Gasteiger partial charge in [-0.3, -0.25) is 14.6 Å². The van der Waals surface area contributed by atoms with Gasteiger partial charge in [0.15, 0.2) is 0 Å². The number of carbonyl (C=O) groups excluding carboxylic acids is 2. The Labute approximate surface area is 186 Å². The van der Waals surface area contributed by atoms with Gasteiger partial charge in [0.1, 0.15) is 11.7 Å². The van der Waals surface area contributed by atoms with Gasteiger partial charge in [0.05, 0.1) is 11.2 Å². The number of aromatic nitrogens is 3. The summed E-state index contributed by atoms with van der Waals surface area (Å²) in [6.45, 7) is 6.30. The Morgan fingerprint density at radius 1 is 1.06 bits per heavy atom. The van der Waals surface area contributed by atoms with Gasteiger partial charge in [-0.15, -0.1) is 0 Å². The number of nitrogens with one attached hydrogen (secondary N) is 3. The quantitative estimate of drug-likeness (QED) is 0.415. The summed E-state index contributed by atoms with van der Waals surface area (Å²) in [5.74, 6) is -0.337. The fraction of sp³-hybridized carbons (Fsp3) is 0.280. The van der Waals surface area contributed by atoms with Crippen molar-refractivity contribution in [1.29, 1.82) is 0 Å². The van der Waals surface area contributed by atoms with Crippen LogP contribution in [-0.2, 0) is 11.3 Å². The zero-order valence-corrected chi connectivity index (χ0v) is 18.5. The maximum atomic E-state index is 13.1. The lowest BCUT2D eigenvalue weighted by molar-refractivity contribution is -0.123. The molecule has 1 aromatic carbocycles. The molecule has 3 N–H and O–H groups in total. The van der Waals surface area contributed by atoms with Crippen LogP contribution in [0.15, 0.2) is 54.9 Å². The molecule has 0 radical (unpaired) electrons. The second-order valence-electron chi connectivity index (χ2n) is 8.41. The van der Waals surface area contributed by atoms with Crippen molar-refractivity contribution < 1.29 is 9.59 Å². The second-order valence-corrected chi connectivity index (χ2v) is 8.41. The first-order valence-electron chi connectivity index (χ1n) is 10.8. The van der Waals surface area contributed by atoms with Crippen molar-refractivity contribution in [1.82, 2.24) is 25.6 Å². The van der Waals surface area contributed by atoms with Crippen LogP contribution in [0.25, 0.3) is 21.8 Å². The van der Waals surface area contributed by atoms with E-state index in [9.17, 15) is 9.59 Å². The molecule has 3 heterocycles. The molecular weight excluding hydrogens is 402 g/mol. The molecule has 4 rings (SSSR count). The number of aromatic amines is 1. The van der Waals surface area contributed by atoms with Gasteiger partial charge in [-0.25, -0.2) is 4.98 Å². The van der Waals surface area contributed by atoms with Crippen LogP contribution in [0, 0.1) is 12.8 Å². The van der Waals surface area contributed by atoms with Crippen LogP contribution < -0.4 is 10.6 Å². The van der Waals surface area contributed by atoms with Crippen LogP contribution in [0.3, 0.4) is 0 Å². The Morgan fingerprint density at radius 3 is 2.56 bits per heavy atom. The zero-order chi connectivity index (χ0) is 22.7. The van der Waals surface area contributed by atoms with Gasteiger partial charge in [0.2, 0.25) is 5.91 Å². The highest BCUT2D eigenvalue weighted by Crippen LogP contribution is 2.27. The number of hydrogen-bond donors (Lipinski definition) is 3. The van der Waals surface area contributed by atoms with Crippen LogP contribution >= 0.6 is 0 Å². The summed E-state index contributed by atoms with van der Waals surface area (Å²) in [7, 11) is 0.